The van der Waals surface area contributed by atoms with Gasteiger partial charge in [0.25, 0.3) is 5.91 Å². The van der Waals surface area contributed by atoms with E-state index in [1.807, 2.05) is 0 Å². The van der Waals surface area contributed by atoms with E-state index in [9.17, 15) is 9.59 Å². The van der Waals surface area contributed by atoms with Crippen LogP contribution in [0.25, 0.3) is 0 Å². The van der Waals surface area contributed by atoms with E-state index >= 15 is 0 Å². The molecule has 0 aromatic heterocycles. The SMILES string of the molecule is CC(Oc1ccccc1Cl)C(=O)N1CC(C(=O)O)C1. The molecule has 1 heterocycles. The molecule has 1 N–H and O–H groups in total. The highest BCUT2D eigenvalue weighted by Crippen LogP contribution is 2.25. The average molecular weight is 284 g/mol. The van der Waals surface area contributed by atoms with E-state index in [1.165, 1.54) is 4.90 Å². The van der Waals surface area contributed by atoms with Crippen molar-refractivity contribution in [2.75, 3.05) is 13.1 Å². The molecule has 0 spiro atoms. The smallest absolute Gasteiger partial charge is 0.310 e. The summed E-state index contributed by atoms with van der Waals surface area (Å²) in [4.78, 5) is 24.1. The van der Waals surface area contributed by atoms with Crippen LogP contribution in [0.5, 0.6) is 5.75 Å². The van der Waals surface area contributed by atoms with Crippen molar-refractivity contribution < 1.29 is 19.4 Å². The number of hydrogen-bond acceptors (Lipinski definition) is 3. The lowest BCUT2D eigenvalue weighted by Crippen LogP contribution is -2.56. The number of aliphatic carboxylic acids is 1. The highest BCUT2D eigenvalue weighted by atomic mass is 35.5. The third-order valence-corrected chi connectivity index (χ3v) is 3.34. The van der Waals surface area contributed by atoms with Crippen molar-refractivity contribution in [2.45, 2.75) is 13.0 Å². The first-order chi connectivity index (χ1) is 8.99. The molecular formula is C13H14ClNO4. The number of nitrogens with zero attached hydrogens (tertiary/aromatic N) is 1. The van der Waals surface area contributed by atoms with E-state index in [-0.39, 0.29) is 19.0 Å². The summed E-state index contributed by atoms with van der Waals surface area (Å²) in [5.74, 6) is -1.11. The van der Waals surface area contributed by atoms with Gasteiger partial charge in [-0.3, -0.25) is 9.59 Å². The Bertz CT molecular complexity index is 499. The third kappa shape index (κ3) is 2.98. The van der Waals surface area contributed by atoms with Gasteiger partial charge in [0.15, 0.2) is 6.10 Å². The number of benzene rings is 1. The summed E-state index contributed by atoms with van der Waals surface area (Å²) in [5, 5.41) is 9.20. The number of halogens is 1. The number of amides is 1. The van der Waals surface area contributed by atoms with Crippen molar-refractivity contribution >= 4 is 23.5 Å². The van der Waals surface area contributed by atoms with Gasteiger partial charge in [0.05, 0.1) is 10.9 Å². The number of carbonyl (C=O) groups excluding carboxylic acids is 1. The molecule has 0 saturated carbocycles. The van der Waals surface area contributed by atoms with Crippen LogP contribution in [0.2, 0.25) is 5.02 Å². The molecule has 1 aromatic rings. The van der Waals surface area contributed by atoms with Crippen molar-refractivity contribution in [3.63, 3.8) is 0 Å². The van der Waals surface area contributed by atoms with E-state index in [0.29, 0.717) is 10.8 Å². The highest BCUT2D eigenvalue weighted by Gasteiger charge is 2.37. The van der Waals surface area contributed by atoms with E-state index in [0.717, 1.165) is 0 Å². The fraction of sp³-hybridized carbons (Fsp3) is 0.385. The van der Waals surface area contributed by atoms with E-state index < -0.39 is 18.0 Å². The predicted molar refractivity (Wildman–Crippen MR) is 69.2 cm³/mol. The molecule has 1 unspecified atom stereocenters. The zero-order valence-electron chi connectivity index (χ0n) is 10.4. The molecule has 6 heteroatoms. The van der Waals surface area contributed by atoms with Crippen molar-refractivity contribution in [1.29, 1.82) is 0 Å². The maximum absolute atomic E-state index is 12.0. The number of hydrogen-bond donors (Lipinski definition) is 1. The van der Waals surface area contributed by atoms with E-state index in [4.69, 9.17) is 21.4 Å². The third-order valence-electron chi connectivity index (χ3n) is 3.03. The van der Waals surface area contributed by atoms with Gasteiger partial charge in [-0.2, -0.15) is 0 Å². The summed E-state index contributed by atoms with van der Waals surface area (Å²) in [6.45, 7) is 2.11. The zero-order valence-corrected chi connectivity index (χ0v) is 11.1. The molecule has 1 aliphatic heterocycles. The van der Waals surface area contributed by atoms with Crippen LogP contribution in [0.3, 0.4) is 0 Å². The Hall–Kier alpha value is -1.75. The van der Waals surface area contributed by atoms with Gasteiger partial charge in [-0.1, -0.05) is 23.7 Å². The van der Waals surface area contributed by atoms with Crippen LogP contribution in [0.4, 0.5) is 0 Å². The molecule has 19 heavy (non-hydrogen) atoms. The Kier molecular flexibility index (Phi) is 3.95. The van der Waals surface area contributed by atoms with Gasteiger partial charge in [0, 0.05) is 13.1 Å². The number of rotatable bonds is 4. The minimum atomic E-state index is -0.872. The van der Waals surface area contributed by atoms with Crippen molar-refractivity contribution in [1.82, 2.24) is 4.90 Å². The molecule has 0 radical (unpaired) electrons. The van der Waals surface area contributed by atoms with Crippen LogP contribution < -0.4 is 4.74 Å². The van der Waals surface area contributed by atoms with Crippen LogP contribution in [-0.4, -0.2) is 41.1 Å². The van der Waals surface area contributed by atoms with Gasteiger partial charge < -0.3 is 14.7 Å². The molecule has 5 nitrogen and oxygen atoms in total. The minimum Gasteiger partial charge on any atom is -0.481 e. The molecule has 1 aromatic carbocycles. The Labute approximate surface area is 115 Å². The summed E-state index contributed by atoms with van der Waals surface area (Å²) >= 11 is 5.94. The largest absolute Gasteiger partial charge is 0.481 e. The predicted octanol–water partition coefficient (Wildman–Crippen LogP) is 1.65. The van der Waals surface area contributed by atoms with Crippen LogP contribution >= 0.6 is 11.6 Å². The standard InChI is InChI=1S/C13H14ClNO4/c1-8(19-11-5-3-2-4-10(11)14)12(16)15-6-9(7-15)13(17)18/h2-5,8-9H,6-7H2,1H3,(H,17,18). The first kappa shape index (κ1) is 13.7. The number of carboxylic acid groups (broad SMARTS) is 1. The zero-order chi connectivity index (χ0) is 14.0. The van der Waals surface area contributed by atoms with Gasteiger partial charge >= 0.3 is 5.97 Å². The number of likely N-dealkylation sites (tertiary alicyclic amines) is 1. The lowest BCUT2D eigenvalue weighted by molar-refractivity contribution is -0.155. The van der Waals surface area contributed by atoms with Gasteiger partial charge in [0.1, 0.15) is 5.75 Å². The van der Waals surface area contributed by atoms with Crippen LogP contribution in [0.1, 0.15) is 6.92 Å². The molecule has 1 saturated heterocycles. The maximum atomic E-state index is 12.0. The molecule has 1 aliphatic rings. The van der Waals surface area contributed by atoms with Gasteiger partial charge in [-0.25, -0.2) is 0 Å². The summed E-state index contributed by atoms with van der Waals surface area (Å²) in [6, 6.07) is 6.90. The molecule has 102 valence electrons. The fourth-order valence-corrected chi connectivity index (χ4v) is 2.03. The lowest BCUT2D eigenvalue weighted by Gasteiger charge is -2.38. The number of para-hydroxylation sites is 1. The Balaban J connectivity index is 1.91. The van der Waals surface area contributed by atoms with Crippen LogP contribution in [0, 0.1) is 5.92 Å². The molecule has 0 aliphatic carbocycles. The van der Waals surface area contributed by atoms with Gasteiger partial charge in [0.2, 0.25) is 0 Å². The molecular weight excluding hydrogens is 270 g/mol. The van der Waals surface area contributed by atoms with Crippen LogP contribution in [0.15, 0.2) is 24.3 Å². The Morgan fingerprint density at radius 3 is 2.63 bits per heavy atom. The molecule has 0 bridgehead atoms. The second-order valence-corrected chi connectivity index (χ2v) is 4.88. The number of ether oxygens (including phenoxy) is 1. The first-order valence-corrected chi connectivity index (χ1v) is 6.29. The summed E-state index contributed by atoms with van der Waals surface area (Å²) < 4.78 is 5.49. The van der Waals surface area contributed by atoms with Crippen molar-refractivity contribution in [2.24, 2.45) is 5.92 Å². The second kappa shape index (κ2) is 5.48. The van der Waals surface area contributed by atoms with Gasteiger partial charge in [-0.15, -0.1) is 0 Å². The fourth-order valence-electron chi connectivity index (χ4n) is 1.85. The summed E-state index contributed by atoms with van der Waals surface area (Å²) in [5.41, 5.74) is 0. The number of carboxylic acids is 1. The quantitative estimate of drug-likeness (QED) is 0.912. The summed E-state index contributed by atoms with van der Waals surface area (Å²) in [7, 11) is 0. The molecule has 1 amide bonds. The molecule has 1 fully saturated rings. The topological polar surface area (TPSA) is 66.8 Å². The molecule has 1 atom stereocenters. The van der Waals surface area contributed by atoms with E-state index in [1.54, 1.807) is 31.2 Å². The Morgan fingerprint density at radius 2 is 2.05 bits per heavy atom. The van der Waals surface area contributed by atoms with Gasteiger partial charge in [-0.05, 0) is 19.1 Å². The maximum Gasteiger partial charge on any atom is 0.310 e. The van der Waals surface area contributed by atoms with Crippen LogP contribution in [-0.2, 0) is 9.59 Å². The van der Waals surface area contributed by atoms with E-state index in [2.05, 4.69) is 0 Å². The van der Waals surface area contributed by atoms with Crippen molar-refractivity contribution in [3.8, 4) is 5.75 Å². The first-order valence-electron chi connectivity index (χ1n) is 5.92. The Morgan fingerprint density at radius 1 is 1.42 bits per heavy atom. The average Bonchev–Trinajstić information content (AvgIpc) is 2.29. The molecule has 2 rings (SSSR count). The highest BCUT2D eigenvalue weighted by molar-refractivity contribution is 6.32. The normalized spacial score (nSPS) is 16.6. The number of carbonyl (C=O) groups is 2. The lowest BCUT2D eigenvalue weighted by atomic mass is 10.00. The minimum absolute atomic E-state index is 0.225. The second-order valence-electron chi connectivity index (χ2n) is 4.47. The monoisotopic (exact) mass is 283 g/mol. The summed E-state index contributed by atoms with van der Waals surface area (Å²) in [6.07, 6.45) is -0.686. The van der Waals surface area contributed by atoms with Crippen molar-refractivity contribution in [3.05, 3.63) is 29.3 Å².